The molecule has 0 aromatic carbocycles. The number of likely N-dealkylation sites (N-methyl/N-ethyl adjacent to an activating group) is 1. The van der Waals surface area contributed by atoms with Gasteiger partial charge in [-0.05, 0) is 51.6 Å². The number of nitrogens with zero attached hydrogens (tertiary/aromatic N) is 2. The van der Waals surface area contributed by atoms with Gasteiger partial charge in [-0.2, -0.15) is 0 Å². The lowest BCUT2D eigenvalue weighted by Gasteiger charge is -2.44. The third-order valence-electron chi connectivity index (χ3n) is 6.10. The van der Waals surface area contributed by atoms with Gasteiger partial charge in [0.15, 0.2) is 0 Å². The van der Waals surface area contributed by atoms with Gasteiger partial charge in [-0.15, -0.1) is 0 Å². The van der Waals surface area contributed by atoms with E-state index in [2.05, 4.69) is 22.0 Å². The molecule has 3 rings (SSSR count). The lowest BCUT2D eigenvalue weighted by Crippen LogP contribution is -2.59. The molecule has 22 heavy (non-hydrogen) atoms. The Hall–Kier alpha value is -1.10. The van der Waals surface area contributed by atoms with E-state index in [0.29, 0.717) is 12.1 Å². The van der Waals surface area contributed by atoms with E-state index < -0.39 is 5.41 Å². The van der Waals surface area contributed by atoms with Crippen LogP contribution >= 0.6 is 0 Å². The Morgan fingerprint density at radius 1 is 1.09 bits per heavy atom. The molecular formula is C17H29N3O2. The van der Waals surface area contributed by atoms with Crippen LogP contribution in [0.1, 0.15) is 51.9 Å². The van der Waals surface area contributed by atoms with Crippen molar-refractivity contribution in [1.82, 2.24) is 15.1 Å². The van der Waals surface area contributed by atoms with Crippen LogP contribution in [0.2, 0.25) is 0 Å². The first-order valence-electron chi connectivity index (χ1n) is 8.91. The Morgan fingerprint density at radius 2 is 1.77 bits per heavy atom. The van der Waals surface area contributed by atoms with Gasteiger partial charge >= 0.3 is 0 Å². The van der Waals surface area contributed by atoms with Crippen molar-refractivity contribution in [3.63, 3.8) is 0 Å². The molecule has 0 radical (unpaired) electrons. The van der Waals surface area contributed by atoms with Crippen molar-refractivity contribution in [2.24, 2.45) is 5.41 Å². The number of hydrogen-bond donors (Lipinski definition) is 1. The molecule has 2 atom stereocenters. The number of carbonyl (C=O) groups excluding carboxylic acids is 2. The van der Waals surface area contributed by atoms with E-state index in [1.165, 1.54) is 12.8 Å². The van der Waals surface area contributed by atoms with Crippen LogP contribution in [0.15, 0.2) is 0 Å². The Morgan fingerprint density at radius 3 is 2.36 bits per heavy atom. The maximum Gasteiger partial charge on any atom is 0.238 e. The highest BCUT2D eigenvalue weighted by atomic mass is 16.2. The van der Waals surface area contributed by atoms with Gasteiger partial charge in [0, 0.05) is 25.7 Å². The van der Waals surface area contributed by atoms with Crippen LogP contribution in [0.25, 0.3) is 0 Å². The standard InChI is InChI=1S/C17H29N3O2/c1-3-19-11-4-7-13(19)14-8-5-12-20(14)16(22)17(9-6-10-17)15(21)18-2/h13-14H,3-12H2,1-2H3,(H,18,21)/t13-,14+/m1/s1. The fourth-order valence-corrected chi connectivity index (χ4v) is 4.71. The van der Waals surface area contributed by atoms with Gasteiger partial charge in [0.1, 0.15) is 5.41 Å². The van der Waals surface area contributed by atoms with Crippen LogP contribution in [0.4, 0.5) is 0 Å². The minimum atomic E-state index is -0.757. The van der Waals surface area contributed by atoms with E-state index in [-0.39, 0.29) is 11.8 Å². The summed E-state index contributed by atoms with van der Waals surface area (Å²) in [6.45, 7) is 5.25. The second-order valence-electron chi connectivity index (χ2n) is 7.06. The van der Waals surface area contributed by atoms with Gasteiger partial charge in [0.25, 0.3) is 0 Å². The fourth-order valence-electron chi connectivity index (χ4n) is 4.71. The van der Waals surface area contributed by atoms with Gasteiger partial charge in [0.05, 0.1) is 0 Å². The van der Waals surface area contributed by atoms with E-state index in [4.69, 9.17) is 0 Å². The molecule has 1 N–H and O–H groups in total. The summed E-state index contributed by atoms with van der Waals surface area (Å²) in [4.78, 5) is 30.0. The maximum atomic E-state index is 13.2. The zero-order valence-corrected chi connectivity index (χ0v) is 13.9. The molecule has 2 heterocycles. The molecule has 3 fully saturated rings. The third-order valence-corrected chi connectivity index (χ3v) is 6.10. The van der Waals surface area contributed by atoms with Crippen molar-refractivity contribution in [2.75, 3.05) is 26.7 Å². The van der Waals surface area contributed by atoms with Crippen molar-refractivity contribution in [1.29, 1.82) is 0 Å². The Labute approximate surface area is 133 Å². The van der Waals surface area contributed by atoms with E-state index in [9.17, 15) is 9.59 Å². The van der Waals surface area contributed by atoms with E-state index in [0.717, 1.165) is 51.7 Å². The lowest BCUT2D eigenvalue weighted by atomic mass is 9.67. The molecule has 5 nitrogen and oxygen atoms in total. The predicted octanol–water partition coefficient (Wildman–Crippen LogP) is 1.38. The first-order valence-corrected chi connectivity index (χ1v) is 8.91. The summed E-state index contributed by atoms with van der Waals surface area (Å²) in [7, 11) is 1.65. The third kappa shape index (κ3) is 2.34. The van der Waals surface area contributed by atoms with Crippen molar-refractivity contribution < 1.29 is 9.59 Å². The van der Waals surface area contributed by atoms with E-state index >= 15 is 0 Å². The maximum absolute atomic E-state index is 13.2. The summed E-state index contributed by atoms with van der Waals surface area (Å²) < 4.78 is 0. The van der Waals surface area contributed by atoms with Crippen molar-refractivity contribution in [3.05, 3.63) is 0 Å². The molecule has 0 aromatic rings. The molecule has 124 valence electrons. The van der Waals surface area contributed by atoms with Crippen LogP contribution in [0, 0.1) is 5.41 Å². The van der Waals surface area contributed by atoms with Crippen LogP contribution in [0.3, 0.4) is 0 Å². The first kappa shape index (κ1) is 15.8. The average Bonchev–Trinajstić information content (AvgIpc) is 3.13. The topological polar surface area (TPSA) is 52.7 Å². The molecule has 0 bridgehead atoms. The number of carbonyl (C=O) groups is 2. The van der Waals surface area contributed by atoms with Gasteiger partial charge in [0.2, 0.25) is 11.8 Å². The number of hydrogen-bond acceptors (Lipinski definition) is 3. The summed E-state index contributed by atoms with van der Waals surface area (Å²) in [5, 5.41) is 2.72. The summed E-state index contributed by atoms with van der Waals surface area (Å²) in [6.07, 6.45) is 7.02. The normalized spacial score (nSPS) is 31.1. The summed E-state index contributed by atoms with van der Waals surface area (Å²) in [6, 6.07) is 0.815. The molecule has 1 saturated carbocycles. The Balaban J connectivity index is 1.78. The van der Waals surface area contributed by atoms with Crippen molar-refractivity contribution >= 4 is 11.8 Å². The van der Waals surface area contributed by atoms with Crippen molar-refractivity contribution in [3.8, 4) is 0 Å². The highest BCUT2D eigenvalue weighted by molar-refractivity contribution is 6.06. The largest absolute Gasteiger partial charge is 0.358 e. The summed E-state index contributed by atoms with van der Waals surface area (Å²) in [5.74, 6) is 0.0247. The van der Waals surface area contributed by atoms with Gasteiger partial charge < -0.3 is 10.2 Å². The number of amides is 2. The zero-order chi connectivity index (χ0) is 15.7. The van der Waals surface area contributed by atoms with Crippen LogP contribution in [-0.4, -0.2) is 60.4 Å². The monoisotopic (exact) mass is 307 g/mol. The molecule has 5 heteroatoms. The van der Waals surface area contributed by atoms with Crippen LogP contribution < -0.4 is 5.32 Å². The van der Waals surface area contributed by atoms with Gasteiger partial charge in [-0.1, -0.05) is 13.3 Å². The molecule has 0 spiro atoms. The van der Waals surface area contributed by atoms with Crippen LogP contribution in [0.5, 0.6) is 0 Å². The Kier molecular flexibility index (Phi) is 4.44. The van der Waals surface area contributed by atoms with Gasteiger partial charge in [-0.25, -0.2) is 0 Å². The second-order valence-corrected chi connectivity index (χ2v) is 7.06. The number of nitrogens with one attached hydrogen (secondary N) is 1. The highest BCUT2D eigenvalue weighted by Gasteiger charge is 2.54. The SMILES string of the molecule is CCN1CCC[C@@H]1[C@@H]1CCCN1C(=O)C1(C(=O)NC)CCC1. The van der Waals surface area contributed by atoms with Crippen LogP contribution in [-0.2, 0) is 9.59 Å². The summed E-state index contributed by atoms with van der Waals surface area (Å²) in [5.41, 5.74) is -0.757. The second kappa shape index (κ2) is 6.19. The molecule has 2 saturated heterocycles. The lowest BCUT2D eigenvalue weighted by molar-refractivity contribution is -0.158. The molecular weight excluding hydrogens is 278 g/mol. The number of rotatable bonds is 4. The fraction of sp³-hybridized carbons (Fsp3) is 0.882. The predicted molar refractivity (Wildman–Crippen MR) is 85.4 cm³/mol. The highest BCUT2D eigenvalue weighted by Crippen LogP contribution is 2.44. The minimum absolute atomic E-state index is 0.0758. The average molecular weight is 307 g/mol. The Bertz CT molecular complexity index is 447. The molecule has 3 aliphatic rings. The zero-order valence-electron chi connectivity index (χ0n) is 13.9. The smallest absolute Gasteiger partial charge is 0.238 e. The number of likely N-dealkylation sites (tertiary alicyclic amines) is 2. The first-order chi connectivity index (χ1) is 10.6. The molecule has 0 aromatic heterocycles. The summed E-state index contributed by atoms with van der Waals surface area (Å²) >= 11 is 0. The molecule has 1 aliphatic carbocycles. The molecule has 2 amide bonds. The van der Waals surface area contributed by atoms with Gasteiger partial charge in [-0.3, -0.25) is 14.5 Å². The van der Waals surface area contributed by atoms with E-state index in [1.807, 2.05) is 0 Å². The molecule has 0 unspecified atom stereocenters. The molecule has 2 aliphatic heterocycles. The van der Waals surface area contributed by atoms with E-state index in [1.54, 1.807) is 7.05 Å². The quantitative estimate of drug-likeness (QED) is 0.798. The minimum Gasteiger partial charge on any atom is -0.358 e. The van der Waals surface area contributed by atoms with Crippen molar-refractivity contribution in [2.45, 2.75) is 64.0 Å².